The number of nitrogens with zero attached hydrogens (tertiary/aromatic N) is 5. The molecule has 2 aliphatic heterocycles. The van der Waals surface area contributed by atoms with Crippen molar-refractivity contribution in [3.05, 3.63) is 138 Å². The van der Waals surface area contributed by atoms with Gasteiger partial charge < -0.3 is 30.2 Å². The minimum Gasteiger partial charge on any atom is -0.453 e. The topological polar surface area (TPSA) is 135 Å². The molecule has 0 saturated carbocycles. The van der Waals surface area contributed by atoms with Gasteiger partial charge in [-0.25, -0.2) is 9.78 Å². The van der Waals surface area contributed by atoms with Crippen LogP contribution in [0, 0.1) is 0 Å². The van der Waals surface area contributed by atoms with Crippen LogP contribution in [0.3, 0.4) is 0 Å². The van der Waals surface area contributed by atoms with Crippen LogP contribution >= 0.6 is 0 Å². The number of hydrogen-bond acceptors (Lipinski definition) is 8. The Balaban J connectivity index is 0.968. The van der Waals surface area contributed by atoms with E-state index in [0.717, 1.165) is 52.2 Å². The monoisotopic (exact) mass is 766 g/mol. The second-order valence-electron chi connectivity index (χ2n) is 14.9. The molecule has 2 aliphatic rings. The fraction of sp³-hybridized carbons (Fsp3) is 0.311. The second-order valence-corrected chi connectivity index (χ2v) is 14.9. The molecule has 4 aromatic carbocycles. The van der Waals surface area contributed by atoms with Crippen LogP contribution in [0.25, 0.3) is 22.4 Å². The van der Waals surface area contributed by atoms with Gasteiger partial charge in [-0.2, -0.15) is 0 Å². The second kappa shape index (κ2) is 17.3. The van der Waals surface area contributed by atoms with Crippen molar-refractivity contribution in [3.63, 3.8) is 0 Å². The summed E-state index contributed by atoms with van der Waals surface area (Å²) in [6.07, 6.45) is 2.99. The number of hydrogen-bond donors (Lipinski definition) is 3. The van der Waals surface area contributed by atoms with Crippen molar-refractivity contribution in [2.45, 2.75) is 50.0 Å². The van der Waals surface area contributed by atoms with E-state index in [-0.39, 0.29) is 36.0 Å². The number of aromatic nitrogens is 2. The van der Waals surface area contributed by atoms with Crippen LogP contribution in [0.15, 0.2) is 120 Å². The van der Waals surface area contributed by atoms with Crippen molar-refractivity contribution in [2.24, 2.45) is 4.99 Å². The van der Waals surface area contributed by atoms with Crippen LogP contribution in [0.1, 0.15) is 66.4 Å². The van der Waals surface area contributed by atoms with Gasteiger partial charge in [0.25, 0.3) is 0 Å². The Morgan fingerprint density at radius 2 is 1.46 bits per heavy atom. The summed E-state index contributed by atoms with van der Waals surface area (Å²) >= 11 is 0. The number of likely N-dealkylation sites (N-methyl/N-ethyl adjacent to an activating group) is 2. The van der Waals surface area contributed by atoms with E-state index in [1.54, 1.807) is 24.1 Å². The predicted octanol–water partition coefficient (Wildman–Crippen LogP) is 6.70. The summed E-state index contributed by atoms with van der Waals surface area (Å²) in [5, 5.41) is 6.19. The Hall–Kier alpha value is -6.27. The Morgan fingerprint density at radius 1 is 0.842 bits per heavy atom. The SMILES string of the molecule is COC(=O)N[C@@H](C(=O)N(C)[C@@H](C)C1=NCC(c2ccc(-c3ccc(-c4cnc([C@@H]5CCCN5C(=O)[C@@H](c5ccccc5)N(C)C)[nH]4)cc3)cc2)N1)c1ccccc1. The highest BCUT2D eigenvalue weighted by molar-refractivity contribution is 5.95. The summed E-state index contributed by atoms with van der Waals surface area (Å²) in [5.41, 5.74) is 6.86. The number of ether oxygens (including phenoxy) is 1. The Bertz CT molecular complexity index is 2190. The normalized spacial score (nSPS) is 18.0. The summed E-state index contributed by atoms with van der Waals surface area (Å²) in [5.74, 6) is 1.34. The summed E-state index contributed by atoms with van der Waals surface area (Å²) in [7, 11) is 6.89. The van der Waals surface area contributed by atoms with Gasteiger partial charge >= 0.3 is 6.09 Å². The Morgan fingerprint density at radius 3 is 2.09 bits per heavy atom. The number of nitrogens with one attached hydrogen (secondary N) is 3. The van der Waals surface area contributed by atoms with Gasteiger partial charge in [0, 0.05) is 13.6 Å². The third-order valence-corrected chi connectivity index (χ3v) is 11.1. The first kappa shape index (κ1) is 39.0. The molecule has 294 valence electrons. The number of amides is 3. The number of amidine groups is 1. The zero-order chi connectivity index (χ0) is 40.1. The molecule has 1 unspecified atom stereocenters. The van der Waals surface area contributed by atoms with Gasteiger partial charge in [-0.05, 0) is 67.2 Å². The van der Waals surface area contributed by atoms with E-state index in [1.165, 1.54) is 7.11 Å². The molecule has 3 heterocycles. The molecule has 1 aromatic heterocycles. The van der Waals surface area contributed by atoms with Gasteiger partial charge in [0.15, 0.2) is 0 Å². The van der Waals surface area contributed by atoms with Gasteiger partial charge in [0.2, 0.25) is 11.8 Å². The van der Waals surface area contributed by atoms with Crippen LogP contribution in [0.5, 0.6) is 0 Å². The summed E-state index contributed by atoms with van der Waals surface area (Å²) in [4.78, 5) is 58.3. The summed E-state index contributed by atoms with van der Waals surface area (Å²) in [6.45, 7) is 3.17. The van der Waals surface area contributed by atoms with Gasteiger partial charge in [-0.3, -0.25) is 19.5 Å². The van der Waals surface area contributed by atoms with E-state index in [9.17, 15) is 14.4 Å². The summed E-state index contributed by atoms with van der Waals surface area (Å²) in [6, 6.07) is 34.2. The van der Waals surface area contributed by atoms with Crippen molar-refractivity contribution >= 4 is 23.7 Å². The fourth-order valence-electron chi connectivity index (χ4n) is 7.76. The molecule has 1 fully saturated rings. The molecule has 5 atom stereocenters. The van der Waals surface area contributed by atoms with Gasteiger partial charge in [0.05, 0.1) is 43.7 Å². The minimum absolute atomic E-state index is 0.0340. The van der Waals surface area contributed by atoms with E-state index in [4.69, 9.17) is 14.7 Å². The van der Waals surface area contributed by atoms with Crippen LogP contribution < -0.4 is 10.6 Å². The predicted molar refractivity (Wildman–Crippen MR) is 221 cm³/mol. The molecule has 12 heteroatoms. The number of H-pyrrole nitrogens is 1. The maximum absolute atomic E-state index is 13.9. The Kier molecular flexibility index (Phi) is 11.8. The molecule has 0 bridgehead atoms. The van der Waals surface area contributed by atoms with E-state index in [2.05, 4.69) is 64.1 Å². The van der Waals surface area contributed by atoms with E-state index >= 15 is 0 Å². The maximum Gasteiger partial charge on any atom is 0.407 e. The third-order valence-electron chi connectivity index (χ3n) is 11.1. The van der Waals surface area contributed by atoms with Crippen LogP contribution in [-0.4, -0.2) is 95.8 Å². The number of alkyl carbamates (subject to hydrolysis) is 1. The lowest BCUT2D eigenvalue weighted by molar-refractivity contribution is -0.137. The standard InChI is InChI=1S/C45H50N8O4/c1-29(52(4)43(54)39(50-45(56)57-5)34-13-8-6-9-14-34)41-46-27-36(48-41)32-22-18-30(19-23-32)31-20-24-33(25-21-31)37-28-47-42(49-37)38-17-12-26-53(38)44(55)40(51(2)3)35-15-10-7-11-16-35/h6-11,13-16,18-25,28-29,36,38-40H,12,17,26-27H2,1-5H3,(H,46,48)(H,47,49)(H,50,56)/t29-,36?,38-,39+,40+/m0/s1. The largest absolute Gasteiger partial charge is 0.453 e. The molecule has 12 nitrogen and oxygen atoms in total. The first-order valence-electron chi connectivity index (χ1n) is 19.4. The quantitative estimate of drug-likeness (QED) is 0.129. The lowest BCUT2D eigenvalue weighted by Crippen LogP contribution is -2.49. The highest BCUT2D eigenvalue weighted by Crippen LogP contribution is 2.35. The fourth-order valence-corrected chi connectivity index (χ4v) is 7.76. The molecule has 3 amide bonds. The number of carbonyl (C=O) groups excluding carboxylic acids is 3. The van der Waals surface area contributed by atoms with E-state index < -0.39 is 12.1 Å². The number of benzene rings is 4. The van der Waals surface area contributed by atoms with Crippen molar-refractivity contribution in [3.8, 4) is 22.4 Å². The number of rotatable bonds is 12. The van der Waals surface area contributed by atoms with Gasteiger partial charge in [-0.15, -0.1) is 0 Å². The van der Waals surface area contributed by atoms with Gasteiger partial charge in [-0.1, -0.05) is 109 Å². The number of aromatic amines is 1. The number of aliphatic imine (C=N–C) groups is 1. The molecule has 5 aromatic rings. The zero-order valence-corrected chi connectivity index (χ0v) is 33.1. The molecular formula is C45H50N8O4. The highest BCUT2D eigenvalue weighted by atomic mass is 16.5. The third kappa shape index (κ3) is 8.46. The van der Waals surface area contributed by atoms with Crippen LogP contribution in [-0.2, 0) is 14.3 Å². The van der Waals surface area contributed by atoms with Crippen molar-refractivity contribution in [1.29, 1.82) is 0 Å². The molecule has 57 heavy (non-hydrogen) atoms. The highest BCUT2D eigenvalue weighted by Gasteiger charge is 2.37. The number of carbonyl (C=O) groups is 3. The zero-order valence-electron chi connectivity index (χ0n) is 33.1. The first-order valence-corrected chi connectivity index (χ1v) is 19.4. The minimum atomic E-state index is -0.899. The lowest BCUT2D eigenvalue weighted by atomic mass is 9.99. The van der Waals surface area contributed by atoms with Crippen molar-refractivity contribution in [2.75, 3.05) is 41.3 Å². The average Bonchev–Trinajstić information content (AvgIpc) is 4.05. The first-order chi connectivity index (χ1) is 27.6. The molecule has 1 saturated heterocycles. The molecule has 7 rings (SSSR count). The van der Waals surface area contributed by atoms with Crippen molar-refractivity contribution < 1.29 is 19.1 Å². The van der Waals surface area contributed by atoms with Crippen molar-refractivity contribution in [1.82, 2.24) is 35.3 Å². The molecule has 3 N–H and O–H groups in total. The maximum atomic E-state index is 13.9. The van der Waals surface area contributed by atoms with Crippen LogP contribution in [0.4, 0.5) is 4.79 Å². The van der Waals surface area contributed by atoms with Gasteiger partial charge in [0.1, 0.15) is 23.7 Å². The Labute approximate surface area is 334 Å². The number of likely N-dealkylation sites (tertiary alicyclic amines) is 1. The molecular weight excluding hydrogens is 717 g/mol. The smallest absolute Gasteiger partial charge is 0.407 e. The summed E-state index contributed by atoms with van der Waals surface area (Å²) < 4.78 is 4.79. The number of methoxy groups -OCH3 is 1. The van der Waals surface area contributed by atoms with E-state index in [1.807, 2.05) is 85.5 Å². The molecule has 0 aliphatic carbocycles. The molecule has 0 radical (unpaired) electrons. The van der Waals surface area contributed by atoms with E-state index in [0.29, 0.717) is 24.5 Å². The van der Waals surface area contributed by atoms with Crippen LogP contribution in [0.2, 0.25) is 0 Å². The lowest BCUT2D eigenvalue weighted by Gasteiger charge is -2.31. The average molecular weight is 767 g/mol. The number of imidazole rings is 1. The molecule has 0 spiro atoms.